The predicted molar refractivity (Wildman–Crippen MR) is 118 cm³/mol. The average Bonchev–Trinajstić information content (AvgIpc) is 3.60. The van der Waals surface area contributed by atoms with Crippen LogP contribution in [0.25, 0.3) is 0 Å². The van der Waals surface area contributed by atoms with E-state index < -0.39 is 15.7 Å². The van der Waals surface area contributed by atoms with Crippen LogP contribution in [0.1, 0.15) is 24.1 Å². The minimum atomic E-state index is -3.35. The number of carbonyl (C=O) groups is 1. The minimum absolute atomic E-state index is 0.0497. The zero-order valence-corrected chi connectivity index (χ0v) is 18.8. The molecule has 1 aliphatic rings. The van der Waals surface area contributed by atoms with Crippen LogP contribution in [-0.2, 0) is 33.1 Å². The first-order chi connectivity index (χ1) is 15.9. The first-order valence-electron chi connectivity index (χ1n) is 10.1. The number of oxime groups is 1. The molecule has 0 spiro atoms. The maximum Gasteiger partial charge on any atom is 0.279 e. The van der Waals surface area contributed by atoms with Crippen molar-refractivity contribution in [3.8, 4) is 5.88 Å². The average molecular weight is 471 g/mol. The van der Waals surface area contributed by atoms with Gasteiger partial charge >= 0.3 is 0 Å². The first kappa shape index (κ1) is 22.4. The van der Waals surface area contributed by atoms with Gasteiger partial charge in [0.05, 0.1) is 29.6 Å². The number of methoxy groups -OCH3 is 1. The van der Waals surface area contributed by atoms with E-state index in [2.05, 4.69) is 25.5 Å². The van der Waals surface area contributed by atoms with Crippen molar-refractivity contribution in [2.75, 3.05) is 12.4 Å². The number of aryl methyl sites for hydroxylation is 1. The highest BCUT2D eigenvalue weighted by Crippen LogP contribution is 2.33. The Hall–Kier alpha value is -3.80. The second-order valence-electron chi connectivity index (χ2n) is 7.36. The molecule has 4 rings (SSSR count). The van der Waals surface area contributed by atoms with Gasteiger partial charge in [-0.15, -0.1) is 0 Å². The minimum Gasteiger partial charge on any atom is -0.480 e. The van der Waals surface area contributed by atoms with Gasteiger partial charge in [-0.1, -0.05) is 17.3 Å². The van der Waals surface area contributed by atoms with E-state index in [0.717, 1.165) is 0 Å². The van der Waals surface area contributed by atoms with Crippen molar-refractivity contribution in [3.05, 3.63) is 60.2 Å². The Balaban J connectivity index is 1.56. The van der Waals surface area contributed by atoms with E-state index in [9.17, 15) is 13.2 Å². The maximum absolute atomic E-state index is 13.0. The molecule has 1 saturated carbocycles. The van der Waals surface area contributed by atoms with Crippen molar-refractivity contribution in [3.63, 3.8) is 0 Å². The van der Waals surface area contributed by atoms with E-state index >= 15 is 0 Å². The molecule has 1 aromatic carbocycles. The Kier molecular flexibility index (Phi) is 6.36. The van der Waals surface area contributed by atoms with Gasteiger partial charge in [-0.05, 0) is 31.0 Å². The van der Waals surface area contributed by atoms with E-state index in [0.29, 0.717) is 30.0 Å². The lowest BCUT2D eigenvalue weighted by molar-refractivity contribution is -0.110. The molecule has 172 valence electrons. The van der Waals surface area contributed by atoms with Gasteiger partial charge in [-0.3, -0.25) is 9.48 Å². The van der Waals surface area contributed by atoms with Gasteiger partial charge in [0.15, 0.2) is 28.0 Å². The Bertz CT molecular complexity index is 1270. The molecule has 2 heterocycles. The molecule has 0 radical (unpaired) electrons. The van der Waals surface area contributed by atoms with Gasteiger partial charge < -0.3 is 14.9 Å². The number of hydrogen-bond donors (Lipinski definition) is 1. The van der Waals surface area contributed by atoms with E-state index in [-0.39, 0.29) is 28.3 Å². The van der Waals surface area contributed by atoms with Gasteiger partial charge in [0.25, 0.3) is 5.91 Å². The van der Waals surface area contributed by atoms with E-state index in [4.69, 9.17) is 9.57 Å². The highest BCUT2D eigenvalue weighted by Gasteiger charge is 2.36. The maximum atomic E-state index is 13.0. The lowest BCUT2D eigenvalue weighted by Crippen LogP contribution is -2.25. The summed E-state index contributed by atoms with van der Waals surface area (Å²) in [6.45, 7) is 0.0497. The Labute approximate surface area is 190 Å². The number of benzene rings is 1. The number of carbonyl (C=O) groups excluding carboxylic acids is 1. The molecule has 0 atom stereocenters. The van der Waals surface area contributed by atoms with Crippen molar-refractivity contribution in [1.29, 1.82) is 0 Å². The third-order valence-electron chi connectivity index (χ3n) is 4.85. The largest absolute Gasteiger partial charge is 0.480 e. The number of sulfone groups is 1. The number of aromatic nitrogens is 4. The molecule has 1 amide bonds. The number of anilines is 1. The molecule has 0 aliphatic heterocycles. The molecule has 0 bridgehead atoms. The molecule has 2 aromatic heterocycles. The molecule has 1 aliphatic carbocycles. The van der Waals surface area contributed by atoms with Gasteiger partial charge in [-0.25, -0.2) is 18.4 Å². The summed E-state index contributed by atoms with van der Waals surface area (Å²) in [6, 6.07) is 7.75. The summed E-state index contributed by atoms with van der Waals surface area (Å²) in [7, 11) is -0.113. The van der Waals surface area contributed by atoms with Gasteiger partial charge in [-0.2, -0.15) is 5.10 Å². The summed E-state index contributed by atoms with van der Waals surface area (Å²) in [6.07, 6.45) is 5.81. The van der Waals surface area contributed by atoms with Crippen LogP contribution in [0.15, 0.2) is 59.0 Å². The Morgan fingerprint density at radius 2 is 1.94 bits per heavy atom. The Morgan fingerprint density at radius 3 is 2.52 bits per heavy atom. The quantitative estimate of drug-likeness (QED) is 0.369. The molecule has 12 heteroatoms. The summed E-state index contributed by atoms with van der Waals surface area (Å²) in [5.41, 5.74) is 0.955. The van der Waals surface area contributed by atoms with Crippen LogP contribution < -0.4 is 10.1 Å². The van der Waals surface area contributed by atoms with Crippen LogP contribution in [0.3, 0.4) is 0 Å². The molecule has 1 N–H and O–H groups in total. The SMILES string of the molecule is COc1cnc(NC(=O)C(=NOCc2ccn(C)n2)c2ccc(S(=O)(=O)C3CC3)cc2)cn1. The van der Waals surface area contributed by atoms with Gasteiger partial charge in [0, 0.05) is 18.8 Å². The van der Waals surface area contributed by atoms with Crippen molar-refractivity contribution in [1.82, 2.24) is 19.7 Å². The second kappa shape index (κ2) is 9.36. The summed E-state index contributed by atoms with van der Waals surface area (Å²) in [4.78, 5) is 26.6. The van der Waals surface area contributed by atoms with Gasteiger partial charge in [0.2, 0.25) is 5.88 Å². The lowest BCUT2D eigenvalue weighted by atomic mass is 10.1. The number of amides is 1. The monoisotopic (exact) mass is 470 g/mol. The first-order valence-corrected chi connectivity index (χ1v) is 11.6. The lowest BCUT2D eigenvalue weighted by Gasteiger charge is -2.09. The normalized spacial score (nSPS) is 14.1. The van der Waals surface area contributed by atoms with E-state index in [1.807, 2.05) is 0 Å². The van der Waals surface area contributed by atoms with Crippen molar-refractivity contribution < 1.29 is 22.8 Å². The predicted octanol–water partition coefficient (Wildman–Crippen LogP) is 1.71. The fraction of sp³-hybridized carbons (Fsp3) is 0.286. The highest BCUT2D eigenvalue weighted by atomic mass is 32.2. The van der Waals surface area contributed by atoms with Gasteiger partial charge in [0.1, 0.15) is 5.69 Å². The third-order valence-corrected chi connectivity index (χ3v) is 7.13. The second-order valence-corrected chi connectivity index (χ2v) is 9.59. The molecule has 0 saturated heterocycles. The number of ether oxygens (including phenoxy) is 1. The van der Waals surface area contributed by atoms with Crippen LogP contribution >= 0.6 is 0 Å². The number of nitrogens with one attached hydrogen (secondary N) is 1. The fourth-order valence-electron chi connectivity index (χ4n) is 2.96. The van der Waals surface area contributed by atoms with E-state index in [1.54, 1.807) is 24.0 Å². The molecule has 11 nitrogen and oxygen atoms in total. The number of rotatable bonds is 9. The molecular formula is C21H22N6O5S. The standard InChI is InChI=1S/C21H22N6O5S/c1-27-10-9-15(25-27)13-32-26-20(21(28)24-18-11-23-19(31-2)12-22-18)14-3-5-16(6-4-14)33(29,30)17-7-8-17/h3-6,9-12,17H,7-8,13H2,1-2H3,(H,22,24,28). The summed E-state index contributed by atoms with van der Waals surface area (Å²) < 4.78 is 31.5. The van der Waals surface area contributed by atoms with Crippen LogP contribution in [-0.4, -0.2) is 52.1 Å². The van der Waals surface area contributed by atoms with Crippen molar-refractivity contribution in [2.45, 2.75) is 29.6 Å². The molecule has 33 heavy (non-hydrogen) atoms. The fourth-order valence-corrected chi connectivity index (χ4v) is 4.62. The van der Waals surface area contributed by atoms with Crippen LogP contribution in [0, 0.1) is 0 Å². The molecule has 1 fully saturated rings. The zero-order chi connectivity index (χ0) is 23.4. The number of hydrogen-bond acceptors (Lipinski definition) is 9. The summed E-state index contributed by atoms with van der Waals surface area (Å²) in [5.74, 6) is -0.118. The third kappa shape index (κ3) is 5.34. The topological polar surface area (TPSA) is 138 Å². The highest BCUT2D eigenvalue weighted by molar-refractivity contribution is 7.92. The van der Waals surface area contributed by atoms with Crippen LogP contribution in [0.4, 0.5) is 5.82 Å². The van der Waals surface area contributed by atoms with E-state index in [1.165, 1.54) is 43.8 Å². The summed E-state index contributed by atoms with van der Waals surface area (Å²) >= 11 is 0. The van der Waals surface area contributed by atoms with Crippen molar-refractivity contribution >= 4 is 27.3 Å². The molecule has 0 unspecified atom stereocenters. The zero-order valence-electron chi connectivity index (χ0n) is 18.0. The number of nitrogens with zero attached hydrogens (tertiary/aromatic N) is 5. The smallest absolute Gasteiger partial charge is 0.279 e. The van der Waals surface area contributed by atoms with Crippen LogP contribution in [0.5, 0.6) is 5.88 Å². The molecule has 3 aromatic rings. The summed E-state index contributed by atoms with van der Waals surface area (Å²) in [5, 5.41) is 10.5. The molecular weight excluding hydrogens is 448 g/mol. The van der Waals surface area contributed by atoms with Crippen LogP contribution in [0.2, 0.25) is 0 Å². The van der Waals surface area contributed by atoms with Crippen molar-refractivity contribution in [2.24, 2.45) is 12.2 Å². The Morgan fingerprint density at radius 1 is 1.18 bits per heavy atom.